The number of rotatable bonds is 8. The first-order chi connectivity index (χ1) is 39.1. The van der Waals surface area contributed by atoms with Crippen LogP contribution in [0.15, 0.2) is 107 Å². The molecule has 20 heteroatoms. The van der Waals surface area contributed by atoms with Gasteiger partial charge in [0, 0.05) is 135 Å². The number of pyridine rings is 2. The van der Waals surface area contributed by atoms with Crippen LogP contribution in [0.5, 0.6) is 0 Å². The minimum atomic E-state index is -0.677. The van der Waals surface area contributed by atoms with E-state index in [1.165, 1.54) is 27.8 Å². The Bertz CT molecular complexity index is 3090. The van der Waals surface area contributed by atoms with Crippen molar-refractivity contribution in [1.82, 2.24) is 58.9 Å². The van der Waals surface area contributed by atoms with Gasteiger partial charge in [-0.2, -0.15) is 0 Å². The van der Waals surface area contributed by atoms with Gasteiger partial charge in [0.25, 0.3) is 0 Å². The van der Waals surface area contributed by atoms with Gasteiger partial charge in [-0.25, -0.2) is 14.8 Å². The van der Waals surface area contributed by atoms with E-state index in [0.717, 1.165) is 122 Å². The maximum Gasteiger partial charge on any atom is 0.411 e. The first-order valence-electron chi connectivity index (χ1n) is 28.7. The number of benzene rings is 2. The third-order valence-corrected chi connectivity index (χ3v) is 18.2. The SMILES string of the molecule is CC(C)(C)OC(=O)N1CCN([C@@H]2c3ccc(Cl)cc3CCc3cc(Br)cnc32)C[C@@H]1C(=O)N1CCC[C@@H](Cn2ccnc2)C1.O=C([C@H]1CN([C@@H]2c3ccc(Cl)cc3CCc3cc(Br)cnc32)CCN1)N1CCC[C@@H](Cn2ccnc2)C1. The monoisotopic (exact) mass is 1260 g/mol. The van der Waals surface area contributed by atoms with Crippen LogP contribution in [0.3, 0.4) is 0 Å². The number of likely N-dealkylation sites (tertiary alicyclic amines) is 2. The van der Waals surface area contributed by atoms with E-state index in [1.54, 1.807) is 11.1 Å². The molecular formula is C61H72Br2Cl2N12O4. The third kappa shape index (κ3) is 13.6. The number of nitrogens with zero attached hydrogens (tertiary/aromatic N) is 11. The summed E-state index contributed by atoms with van der Waals surface area (Å²) >= 11 is 20.1. The van der Waals surface area contributed by atoms with Crippen LogP contribution >= 0.6 is 55.1 Å². The van der Waals surface area contributed by atoms with Crippen LogP contribution in [-0.2, 0) is 53.1 Å². The van der Waals surface area contributed by atoms with Gasteiger partial charge in [0.1, 0.15) is 11.6 Å². The van der Waals surface area contributed by atoms with E-state index in [4.69, 9.17) is 37.9 Å². The third-order valence-electron chi connectivity index (χ3n) is 16.9. The van der Waals surface area contributed by atoms with Gasteiger partial charge in [0.05, 0.1) is 42.2 Å². The summed E-state index contributed by atoms with van der Waals surface area (Å²) in [6.45, 7) is 13.9. The fourth-order valence-corrected chi connectivity index (χ4v) is 14.3. The van der Waals surface area contributed by atoms with Crippen LogP contribution in [0, 0.1) is 11.8 Å². The van der Waals surface area contributed by atoms with Crippen molar-refractivity contribution in [2.45, 2.75) is 115 Å². The van der Waals surface area contributed by atoms with Gasteiger partial charge in [-0.15, -0.1) is 0 Å². The molecule has 0 unspecified atom stereocenters. The molecule has 4 aliphatic heterocycles. The maximum atomic E-state index is 14.4. The highest BCUT2D eigenvalue weighted by atomic mass is 79.9. The van der Waals surface area contributed by atoms with Gasteiger partial charge in [-0.05, 0) is 186 Å². The molecule has 1 N–H and O–H groups in total. The summed E-state index contributed by atoms with van der Waals surface area (Å²) < 4.78 is 12.0. The van der Waals surface area contributed by atoms with Crippen molar-refractivity contribution < 1.29 is 19.1 Å². The van der Waals surface area contributed by atoms with Crippen LogP contribution in [0.2, 0.25) is 10.0 Å². The van der Waals surface area contributed by atoms with Gasteiger partial charge in [-0.1, -0.05) is 35.3 Å². The molecule has 4 aromatic heterocycles. The van der Waals surface area contributed by atoms with Gasteiger partial charge in [0.2, 0.25) is 11.8 Å². The molecule has 2 aliphatic carbocycles. The van der Waals surface area contributed by atoms with Crippen LogP contribution < -0.4 is 5.32 Å². The van der Waals surface area contributed by atoms with E-state index in [-0.39, 0.29) is 29.9 Å². The topological polar surface area (TPSA) is 150 Å². The molecule has 6 aromatic rings. The number of nitrogens with one attached hydrogen (secondary N) is 1. The number of piperidine rings is 2. The van der Waals surface area contributed by atoms with Crippen molar-refractivity contribution in [2.24, 2.45) is 11.8 Å². The van der Waals surface area contributed by atoms with E-state index >= 15 is 0 Å². The molecule has 2 aromatic carbocycles. The summed E-state index contributed by atoms with van der Waals surface area (Å²) in [7, 11) is 0. The first kappa shape index (κ1) is 57.6. The standard InChI is InChI=1S/C33H40BrClN6O3.C28H32BrClN6O/c1-33(2,3)44-32(43)41-14-13-39(20-28(41)31(42)40-11-4-5-22(19-40)18-38-12-10-36-21-38)30-27-9-8-26(35)16-23(27)6-7-24-15-25(34)17-37-29(24)30;29-22-12-21-4-3-20-13-23(30)5-6-24(20)27(26(21)33-14-22)35-11-8-32-25(17-35)28(37)36-9-1-2-19(16-36)15-34-10-7-31-18-34/h8-10,12,15-17,21-22,28,30H,4-7,11,13-14,18-20H2,1-3H3;5-7,10,12-14,18-19,25,27,32H,1-4,8-9,11,15-17H2/t22-,28+,30+;19-,25+,27+/m00/s1. The number of piperazine rings is 2. The summed E-state index contributed by atoms with van der Waals surface area (Å²) in [6, 6.07) is 15.6. The zero-order valence-electron chi connectivity index (χ0n) is 46.4. The largest absolute Gasteiger partial charge is 0.444 e. The van der Waals surface area contributed by atoms with Crippen LogP contribution in [0.25, 0.3) is 0 Å². The van der Waals surface area contributed by atoms with Crippen molar-refractivity contribution >= 4 is 73.0 Å². The molecule has 8 heterocycles. The molecule has 4 saturated heterocycles. The molecule has 0 radical (unpaired) electrons. The van der Waals surface area contributed by atoms with E-state index in [0.29, 0.717) is 56.1 Å². The lowest BCUT2D eigenvalue weighted by Gasteiger charge is -2.46. The van der Waals surface area contributed by atoms with Crippen LogP contribution in [0.1, 0.15) is 103 Å². The molecule has 6 atom stereocenters. The normalized spacial score (nSPS) is 23.4. The van der Waals surface area contributed by atoms with Gasteiger partial charge in [-0.3, -0.25) is 34.3 Å². The number of fused-ring (bicyclic) bond motifs is 4. The van der Waals surface area contributed by atoms with Gasteiger partial charge >= 0.3 is 6.09 Å². The van der Waals surface area contributed by atoms with Gasteiger partial charge < -0.3 is 29.0 Å². The van der Waals surface area contributed by atoms with Crippen LogP contribution in [0.4, 0.5) is 4.79 Å². The molecule has 4 fully saturated rings. The molecule has 16 nitrogen and oxygen atoms in total. The molecule has 12 rings (SSSR count). The van der Waals surface area contributed by atoms with Crippen molar-refractivity contribution in [2.75, 3.05) is 65.4 Å². The number of carbonyl (C=O) groups excluding carboxylic acids is 3. The summed E-state index contributed by atoms with van der Waals surface area (Å²) in [6.07, 6.45) is 22.3. The zero-order valence-corrected chi connectivity index (χ0v) is 51.1. The lowest BCUT2D eigenvalue weighted by atomic mass is 9.94. The van der Waals surface area contributed by atoms with E-state index in [9.17, 15) is 14.4 Å². The van der Waals surface area contributed by atoms with E-state index in [2.05, 4.69) is 107 Å². The average molecular weight is 1270 g/mol. The second kappa shape index (κ2) is 25.3. The molecule has 6 aliphatic rings. The van der Waals surface area contributed by atoms with Crippen molar-refractivity contribution in [1.29, 1.82) is 0 Å². The first-order valence-corrected chi connectivity index (χ1v) is 31.0. The van der Waals surface area contributed by atoms with Crippen molar-refractivity contribution in [3.05, 3.63) is 162 Å². The Balaban J connectivity index is 0.000000173. The van der Waals surface area contributed by atoms with E-state index in [1.807, 2.05) is 81.4 Å². The summed E-state index contributed by atoms with van der Waals surface area (Å²) in [5.41, 5.74) is 8.71. The Labute approximate surface area is 502 Å². The number of imidazole rings is 2. The summed E-state index contributed by atoms with van der Waals surface area (Å²) in [4.78, 5) is 70.4. The molecule has 0 spiro atoms. The molecule has 428 valence electrons. The quantitative estimate of drug-likeness (QED) is 0.155. The summed E-state index contributed by atoms with van der Waals surface area (Å²) in [5, 5.41) is 5.00. The molecule has 3 amide bonds. The highest BCUT2D eigenvalue weighted by Crippen LogP contribution is 2.41. The number of halogens is 4. The zero-order chi connectivity index (χ0) is 56.4. The Morgan fingerprint density at radius 3 is 1.68 bits per heavy atom. The highest BCUT2D eigenvalue weighted by Gasteiger charge is 2.44. The number of amides is 3. The molecule has 0 saturated carbocycles. The average Bonchev–Trinajstić information content (AvgIpc) is 4.20. The number of hydrogen-bond donors (Lipinski definition) is 1. The number of ether oxygens (including phenoxy) is 1. The predicted octanol–water partition coefficient (Wildman–Crippen LogP) is 9.84. The van der Waals surface area contributed by atoms with Crippen molar-refractivity contribution in [3.63, 3.8) is 0 Å². The fraction of sp³-hybridized carbons (Fsp3) is 0.492. The minimum Gasteiger partial charge on any atom is -0.444 e. The Kier molecular flexibility index (Phi) is 18.0. The minimum absolute atomic E-state index is 0.00520. The predicted molar refractivity (Wildman–Crippen MR) is 320 cm³/mol. The molecule has 81 heavy (non-hydrogen) atoms. The second-order valence-corrected chi connectivity index (χ2v) is 26.4. The maximum absolute atomic E-state index is 14.4. The number of aryl methyl sites for hydroxylation is 4. The highest BCUT2D eigenvalue weighted by molar-refractivity contribution is 9.10. The Hall–Kier alpha value is -5.21. The fourth-order valence-electron chi connectivity index (χ4n) is 13.2. The lowest BCUT2D eigenvalue weighted by molar-refractivity contribution is -0.141. The van der Waals surface area contributed by atoms with Crippen LogP contribution in [-0.4, -0.2) is 155 Å². The Morgan fingerprint density at radius 1 is 0.642 bits per heavy atom. The van der Waals surface area contributed by atoms with Gasteiger partial charge in [0.15, 0.2) is 0 Å². The molecule has 0 bridgehead atoms. The molecular weight excluding hydrogens is 1200 g/mol. The number of hydrogen-bond acceptors (Lipinski definition) is 11. The lowest BCUT2D eigenvalue weighted by Crippen LogP contribution is -2.63. The Morgan fingerprint density at radius 2 is 1.16 bits per heavy atom. The van der Waals surface area contributed by atoms with Crippen molar-refractivity contribution in [3.8, 4) is 0 Å². The second-order valence-electron chi connectivity index (χ2n) is 23.7. The number of carbonyl (C=O) groups is 3. The summed E-state index contributed by atoms with van der Waals surface area (Å²) in [5.74, 6) is 0.975. The number of aromatic nitrogens is 6. The smallest absolute Gasteiger partial charge is 0.411 e. The van der Waals surface area contributed by atoms with E-state index < -0.39 is 17.7 Å².